The molecule has 2 unspecified atom stereocenters. The van der Waals surface area contributed by atoms with Gasteiger partial charge in [-0.15, -0.1) is 6.58 Å². The van der Waals surface area contributed by atoms with Gasteiger partial charge in [-0.3, -0.25) is 0 Å². The van der Waals surface area contributed by atoms with Crippen LogP contribution in [-0.4, -0.2) is 19.2 Å². The molecule has 116 valence electrons. The second-order valence-corrected chi connectivity index (χ2v) is 6.78. The van der Waals surface area contributed by atoms with Crippen molar-refractivity contribution in [2.75, 3.05) is 13.1 Å². The maximum Gasteiger partial charge on any atom is 0.123 e. The van der Waals surface area contributed by atoms with Crippen LogP contribution in [0.2, 0.25) is 0 Å². The number of hydrogen-bond donors (Lipinski definition) is 1. The Morgan fingerprint density at radius 1 is 1.52 bits per heavy atom. The Morgan fingerprint density at radius 3 is 2.95 bits per heavy atom. The zero-order chi connectivity index (χ0) is 15.5. The zero-order valence-electron chi connectivity index (χ0n) is 13.3. The van der Waals surface area contributed by atoms with Gasteiger partial charge in [0.2, 0.25) is 0 Å². The lowest BCUT2D eigenvalue weighted by Crippen LogP contribution is -2.36. The summed E-state index contributed by atoms with van der Waals surface area (Å²) in [4.78, 5) is 0. The SMILES string of the molecule is C=CC(C)(CNCC(C)C)CC1Cc2cc(F)ccc2O1. The van der Waals surface area contributed by atoms with Gasteiger partial charge in [-0.1, -0.05) is 26.8 Å². The molecule has 0 saturated heterocycles. The topological polar surface area (TPSA) is 21.3 Å². The normalized spacial score (nSPS) is 20.0. The Hall–Kier alpha value is -1.35. The molecule has 1 aromatic rings. The molecule has 1 aromatic carbocycles. The molecule has 0 aliphatic carbocycles. The molecule has 0 fully saturated rings. The van der Waals surface area contributed by atoms with Crippen LogP contribution < -0.4 is 10.1 Å². The quantitative estimate of drug-likeness (QED) is 0.768. The third-order valence-corrected chi connectivity index (χ3v) is 4.03. The van der Waals surface area contributed by atoms with E-state index in [1.165, 1.54) is 6.07 Å². The summed E-state index contributed by atoms with van der Waals surface area (Å²) in [7, 11) is 0. The number of rotatable bonds is 7. The van der Waals surface area contributed by atoms with Crippen molar-refractivity contribution in [3.63, 3.8) is 0 Å². The van der Waals surface area contributed by atoms with Gasteiger partial charge in [0.1, 0.15) is 17.7 Å². The van der Waals surface area contributed by atoms with Crippen molar-refractivity contribution in [3.05, 3.63) is 42.2 Å². The van der Waals surface area contributed by atoms with Gasteiger partial charge >= 0.3 is 0 Å². The van der Waals surface area contributed by atoms with E-state index in [9.17, 15) is 4.39 Å². The molecule has 0 saturated carbocycles. The monoisotopic (exact) mass is 291 g/mol. The van der Waals surface area contributed by atoms with Crippen molar-refractivity contribution in [3.8, 4) is 5.75 Å². The van der Waals surface area contributed by atoms with E-state index >= 15 is 0 Å². The Morgan fingerprint density at radius 2 is 2.29 bits per heavy atom. The summed E-state index contributed by atoms with van der Waals surface area (Å²) >= 11 is 0. The van der Waals surface area contributed by atoms with Crippen molar-refractivity contribution in [1.82, 2.24) is 5.32 Å². The average Bonchev–Trinajstić information content (AvgIpc) is 2.79. The van der Waals surface area contributed by atoms with Crippen LogP contribution in [0.25, 0.3) is 0 Å². The molecule has 1 N–H and O–H groups in total. The van der Waals surface area contributed by atoms with Gasteiger partial charge in [-0.25, -0.2) is 4.39 Å². The Balaban J connectivity index is 1.93. The molecule has 2 atom stereocenters. The first kappa shape index (κ1) is 16.0. The average molecular weight is 291 g/mol. The van der Waals surface area contributed by atoms with Crippen LogP contribution in [0.1, 0.15) is 32.8 Å². The lowest BCUT2D eigenvalue weighted by molar-refractivity contribution is 0.169. The first-order valence-corrected chi connectivity index (χ1v) is 7.71. The highest BCUT2D eigenvalue weighted by molar-refractivity contribution is 5.38. The predicted molar refractivity (Wildman–Crippen MR) is 85.1 cm³/mol. The van der Waals surface area contributed by atoms with Crippen molar-refractivity contribution in [2.24, 2.45) is 11.3 Å². The molecule has 0 spiro atoms. The predicted octanol–water partition coefficient (Wildman–Crippen LogP) is 3.96. The number of benzene rings is 1. The highest BCUT2D eigenvalue weighted by atomic mass is 19.1. The standard InChI is InChI=1S/C18H26FNO/c1-5-18(4,12-20-11-13(2)3)10-16-9-14-8-15(19)6-7-17(14)21-16/h5-8,13,16,20H,1,9-12H2,2-4H3. The molecular formula is C18H26FNO. The van der Waals surface area contributed by atoms with E-state index in [0.717, 1.165) is 37.2 Å². The summed E-state index contributed by atoms with van der Waals surface area (Å²) < 4.78 is 19.2. The van der Waals surface area contributed by atoms with Crippen LogP contribution in [0.4, 0.5) is 4.39 Å². The molecule has 0 aromatic heterocycles. The summed E-state index contributed by atoms with van der Waals surface area (Å²) in [6.07, 6.45) is 3.77. The van der Waals surface area contributed by atoms with E-state index in [2.05, 4.69) is 32.7 Å². The van der Waals surface area contributed by atoms with Crippen LogP contribution in [-0.2, 0) is 6.42 Å². The minimum absolute atomic E-state index is 0.0137. The third kappa shape index (κ3) is 4.31. The molecule has 3 heteroatoms. The summed E-state index contributed by atoms with van der Waals surface area (Å²) in [5, 5.41) is 3.49. The smallest absolute Gasteiger partial charge is 0.123 e. The fourth-order valence-corrected chi connectivity index (χ4v) is 2.80. The van der Waals surface area contributed by atoms with Crippen molar-refractivity contribution >= 4 is 0 Å². The fourth-order valence-electron chi connectivity index (χ4n) is 2.80. The molecule has 2 nitrogen and oxygen atoms in total. The van der Waals surface area contributed by atoms with Crippen molar-refractivity contribution in [2.45, 2.75) is 39.7 Å². The van der Waals surface area contributed by atoms with Crippen LogP contribution in [0.5, 0.6) is 5.75 Å². The molecular weight excluding hydrogens is 265 g/mol. The maximum absolute atomic E-state index is 13.3. The van der Waals surface area contributed by atoms with Gasteiger partial charge in [0.05, 0.1) is 0 Å². The first-order chi connectivity index (χ1) is 9.92. The minimum Gasteiger partial charge on any atom is -0.490 e. The number of halogens is 1. The zero-order valence-corrected chi connectivity index (χ0v) is 13.3. The molecule has 21 heavy (non-hydrogen) atoms. The number of ether oxygens (including phenoxy) is 1. The van der Waals surface area contributed by atoms with Gasteiger partial charge in [0.25, 0.3) is 0 Å². The van der Waals surface area contributed by atoms with Gasteiger partial charge in [0, 0.05) is 23.9 Å². The number of fused-ring (bicyclic) bond motifs is 1. The summed E-state index contributed by atoms with van der Waals surface area (Å²) in [5.74, 6) is 1.26. The second-order valence-electron chi connectivity index (χ2n) is 6.78. The van der Waals surface area contributed by atoms with Crippen LogP contribution in [0.15, 0.2) is 30.9 Å². The molecule has 0 amide bonds. The Kier molecular flexibility index (Phi) is 5.04. The van der Waals surface area contributed by atoms with E-state index in [-0.39, 0.29) is 17.3 Å². The van der Waals surface area contributed by atoms with Crippen LogP contribution in [0.3, 0.4) is 0 Å². The third-order valence-electron chi connectivity index (χ3n) is 4.03. The van der Waals surface area contributed by atoms with Gasteiger partial charge in [0.15, 0.2) is 0 Å². The number of nitrogens with one attached hydrogen (secondary N) is 1. The molecule has 2 rings (SSSR count). The van der Waals surface area contributed by atoms with E-state index in [4.69, 9.17) is 4.74 Å². The van der Waals surface area contributed by atoms with Crippen molar-refractivity contribution < 1.29 is 9.13 Å². The van der Waals surface area contributed by atoms with Crippen LogP contribution in [0, 0.1) is 17.2 Å². The largest absolute Gasteiger partial charge is 0.490 e. The maximum atomic E-state index is 13.3. The molecule has 1 aliphatic rings. The first-order valence-electron chi connectivity index (χ1n) is 7.71. The molecule has 1 heterocycles. The molecule has 0 bridgehead atoms. The van der Waals surface area contributed by atoms with Crippen molar-refractivity contribution in [1.29, 1.82) is 0 Å². The number of hydrogen-bond acceptors (Lipinski definition) is 2. The lowest BCUT2D eigenvalue weighted by Gasteiger charge is -2.29. The minimum atomic E-state index is -0.192. The molecule has 0 radical (unpaired) electrons. The Bertz CT molecular complexity index is 500. The van der Waals surface area contributed by atoms with Gasteiger partial charge in [-0.05, 0) is 37.1 Å². The highest BCUT2D eigenvalue weighted by Crippen LogP contribution is 2.35. The van der Waals surface area contributed by atoms with E-state index < -0.39 is 0 Å². The van der Waals surface area contributed by atoms with E-state index in [1.54, 1.807) is 12.1 Å². The Labute approximate surface area is 127 Å². The summed E-state index contributed by atoms with van der Waals surface area (Å²) in [6, 6.07) is 4.77. The van der Waals surface area contributed by atoms with Crippen LogP contribution >= 0.6 is 0 Å². The second kappa shape index (κ2) is 6.61. The summed E-state index contributed by atoms with van der Waals surface area (Å²) in [5.41, 5.74) is 0.960. The van der Waals surface area contributed by atoms with Gasteiger partial charge < -0.3 is 10.1 Å². The van der Waals surface area contributed by atoms with E-state index in [0.29, 0.717) is 5.92 Å². The fraction of sp³-hybridized carbons (Fsp3) is 0.556. The lowest BCUT2D eigenvalue weighted by atomic mass is 9.83. The highest BCUT2D eigenvalue weighted by Gasteiger charge is 2.30. The molecule has 1 aliphatic heterocycles. The van der Waals surface area contributed by atoms with Gasteiger partial charge in [-0.2, -0.15) is 0 Å². The van der Waals surface area contributed by atoms with E-state index in [1.807, 2.05) is 6.08 Å². The summed E-state index contributed by atoms with van der Waals surface area (Å²) in [6.45, 7) is 12.5.